The van der Waals surface area contributed by atoms with Crippen molar-refractivity contribution >= 4 is 27.3 Å². The number of rotatable bonds is 7. The molecule has 3 rings (SSSR count). The van der Waals surface area contributed by atoms with Crippen molar-refractivity contribution in [3.05, 3.63) is 34.9 Å². The summed E-state index contributed by atoms with van der Waals surface area (Å²) in [6.07, 6.45) is 6.73. The molecule has 1 N–H and O–H groups in total. The number of carbonyl (C=O) groups excluding carboxylic acids is 1. The van der Waals surface area contributed by atoms with Gasteiger partial charge >= 0.3 is 0 Å². The fraction of sp³-hybridized carbons (Fsp3) is 0.650. The van der Waals surface area contributed by atoms with Gasteiger partial charge in [0.05, 0.1) is 11.5 Å². The molecule has 0 spiro atoms. The highest BCUT2D eigenvalue weighted by Gasteiger charge is 2.29. The zero-order chi connectivity index (χ0) is 18.6. The van der Waals surface area contributed by atoms with Crippen LogP contribution in [0.25, 0.3) is 0 Å². The van der Waals surface area contributed by atoms with Gasteiger partial charge in [0.25, 0.3) is 0 Å². The lowest BCUT2D eigenvalue weighted by Gasteiger charge is -2.24. The smallest absolute Gasteiger partial charge is 0.220 e. The van der Waals surface area contributed by atoms with Gasteiger partial charge in [0.15, 0.2) is 9.84 Å². The highest BCUT2D eigenvalue weighted by atomic mass is 35.5. The monoisotopic (exact) mass is 397 g/mol. The van der Waals surface area contributed by atoms with E-state index >= 15 is 0 Å². The molecule has 144 valence electrons. The van der Waals surface area contributed by atoms with E-state index in [1.807, 2.05) is 12.1 Å². The van der Waals surface area contributed by atoms with Gasteiger partial charge in [-0.25, -0.2) is 8.42 Å². The Morgan fingerprint density at radius 3 is 2.46 bits per heavy atom. The van der Waals surface area contributed by atoms with Crippen LogP contribution in [0, 0.1) is 11.8 Å². The normalized spacial score (nSPS) is 23.8. The number of hydrogen-bond donors (Lipinski definition) is 1. The van der Waals surface area contributed by atoms with Crippen molar-refractivity contribution in [2.45, 2.75) is 50.9 Å². The Labute approximate surface area is 161 Å². The van der Waals surface area contributed by atoms with Crippen LogP contribution >= 0.6 is 11.6 Å². The molecule has 1 amide bonds. The van der Waals surface area contributed by atoms with Crippen LogP contribution in [0.15, 0.2) is 24.3 Å². The van der Waals surface area contributed by atoms with Crippen LogP contribution in [0.4, 0.5) is 0 Å². The average Bonchev–Trinajstić information content (AvgIpc) is 3.24. The molecule has 26 heavy (non-hydrogen) atoms. The molecule has 1 saturated carbocycles. The van der Waals surface area contributed by atoms with E-state index in [0.29, 0.717) is 37.6 Å². The van der Waals surface area contributed by atoms with E-state index in [1.165, 1.54) is 31.2 Å². The summed E-state index contributed by atoms with van der Waals surface area (Å²) < 4.78 is 23.0. The highest BCUT2D eigenvalue weighted by molar-refractivity contribution is 7.91. The Balaban J connectivity index is 1.52. The fourth-order valence-electron chi connectivity index (χ4n) is 4.37. The van der Waals surface area contributed by atoms with E-state index < -0.39 is 9.84 Å². The SMILES string of the molecule is O=C(CCC1CCS(=O)(=O)C1)NCC(c1ccc(Cl)cc1)C1CCCC1. The molecule has 0 bridgehead atoms. The predicted molar refractivity (Wildman–Crippen MR) is 105 cm³/mol. The van der Waals surface area contributed by atoms with Gasteiger partial charge in [-0.1, -0.05) is 36.6 Å². The third kappa shape index (κ3) is 5.46. The maximum Gasteiger partial charge on any atom is 0.220 e. The molecule has 0 radical (unpaired) electrons. The Kier molecular flexibility index (Phi) is 6.62. The summed E-state index contributed by atoms with van der Waals surface area (Å²) in [5, 5.41) is 3.83. The number of nitrogens with one attached hydrogen (secondary N) is 1. The molecule has 1 aliphatic heterocycles. The summed E-state index contributed by atoms with van der Waals surface area (Å²) in [6.45, 7) is 0.647. The number of amides is 1. The van der Waals surface area contributed by atoms with Gasteiger partial charge in [-0.2, -0.15) is 0 Å². The molecular formula is C20H28ClNO3S. The van der Waals surface area contributed by atoms with Crippen molar-refractivity contribution in [2.75, 3.05) is 18.1 Å². The number of halogens is 1. The van der Waals surface area contributed by atoms with Crippen molar-refractivity contribution in [3.63, 3.8) is 0 Å². The molecular weight excluding hydrogens is 370 g/mol. The van der Waals surface area contributed by atoms with E-state index in [0.717, 1.165) is 5.02 Å². The first-order valence-corrected chi connectivity index (χ1v) is 11.9. The summed E-state index contributed by atoms with van der Waals surface area (Å²) in [7, 11) is -2.86. The maximum atomic E-state index is 12.3. The van der Waals surface area contributed by atoms with Gasteiger partial charge in [-0.05, 0) is 55.2 Å². The Morgan fingerprint density at radius 1 is 1.15 bits per heavy atom. The second-order valence-corrected chi connectivity index (χ2v) is 10.5. The largest absolute Gasteiger partial charge is 0.355 e. The number of benzene rings is 1. The molecule has 1 saturated heterocycles. The van der Waals surface area contributed by atoms with Gasteiger partial charge in [0.2, 0.25) is 5.91 Å². The Bertz CT molecular complexity index is 711. The number of sulfone groups is 1. The Hall–Kier alpha value is -1.07. The Morgan fingerprint density at radius 2 is 1.85 bits per heavy atom. The van der Waals surface area contributed by atoms with Crippen LogP contribution in [0.2, 0.25) is 5.02 Å². The summed E-state index contributed by atoms with van der Waals surface area (Å²) >= 11 is 6.01. The van der Waals surface area contributed by atoms with Crippen LogP contribution < -0.4 is 5.32 Å². The second-order valence-electron chi connectivity index (χ2n) is 7.81. The van der Waals surface area contributed by atoms with Gasteiger partial charge in [0.1, 0.15) is 0 Å². The quantitative estimate of drug-likeness (QED) is 0.757. The lowest BCUT2D eigenvalue weighted by atomic mass is 9.84. The van der Waals surface area contributed by atoms with Gasteiger partial charge in [0, 0.05) is 23.9 Å². The summed E-state index contributed by atoms with van der Waals surface area (Å²) in [5.41, 5.74) is 1.24. The molecule has 0 aromatic heterocycles. The van der Waals surface area contributed by atoms with E-state index in [4.69, 9.17) is 11.6 Å². The summed E-state index contributed by atoms with van der Waals surface area (Å²) in [5.74, 6) is 1.64. The van der Waals surface area contributed by atoms with E-state index in [1.54, 1.807) is 0 Å². The summed E-state index contributed by atoms with van der Waals surface area (Å²) in [6, 6.07) is 7.98. The molecule has 1 aliphatic carbocycles. The van der Waals surface area contributed by atoms with E-state index in [2.05, 4.69) is 17.4 Å². The van der Waals surface area contributed by atoms with Crippen LogP contribution in [0.1, 0.15) is 56.4 Å². The first-order valence-electron chi connectivity index (χ1n) is 9.65. The van der Waals surface area contributed by atoms with Crippen LogP contribution in [0.3, 0.4) is 0 Å². The minimum absolute atomic E-state index is 0.0336. The predicted octanol–water partition coefficient (Wildman–Crippen LogP) is 3.94. The van der Waals surface area contributed by atoms with Gasteiger partial charge in [-0.15, -0.1) is 0 Å². The zero-order valence-corrected chi connectivity index (χ0v) is 16.7. The topological polar surface area (TPSA) is 63.2 Å². The van der Waals surface area contributed by atoms with Gasteiger partial charge in [-0.3, -0.25) is 4.79 Å². The third-order valence-electron chi connectivity index (χ3n) is 5.89. The molecule has 1 heterocycles. The lowest BCUT2D eigenvalue weighted by Crippen LogP contribution is -2.31. The second kappa shape index (κ2) is 8.75. The molecule has 1 aromatic carbocycles. The molecule has 2 atom stereocenters. The zero-order valence-electron chi connectivity index (χ0n) is 15.1. The van der Waals surface area contributed by atoms with E-state index in [9.17, 15) is 13.2 Å². The van der Waals surface area contributed by atoms with Gasteiger partial charge < -0.3 is 5.32 Å². The number of hydrogen-bond acceptors (Lipinski definition) is 3. The average molecular weight is 398 g/mol. The fourth-order valence-corrected chi connectivity index (χ4v) is 6.41. The molecule has 2 aliphatic rings. The van der Waals surface area contributed by atoms with Crippen LogP contribution in [-0.2, 0) is 14.6 Å². The molecule has 6 heteroatoms. The lowest BCUT2D eigenvalue weighted by molar-refractivity contribution is -0.121. The van der Waals surface area contributed by atoms with Crippen molar-refractivity contribution in [3.8, 4) is 0 Å². The molecule has 1 aromatic rings. The van der Waals surface area contributed by atoms with Crippen LogP contribution in [-0.4, -0.2) is 32.4 Å². The van der Waals surface area contributed by atoms with Crippen LogP contribution in [0.5, 0.6) is 0 Å². The number of carbonyl (C=O) groups is 1. The molecule has 2 fully saturated rings. The van der Waals surface area contributed by atoms with Crippen molar-refractivity contribution in [2.24, 2.45) is 11.8 Å². The minimum atomic E-state index is -2.86. The van der Waals surface area contributed by atoms with Crippen molar-refractivity contribution < 1.29 is 13.2 Å². The minimum Gasteiger partial charge on any atom is -0.355 e. The molecule has 2 unspecified atom stereocenters. The van der Waals surface area contributed by atoms with Crippen molar-refractivity contribution in [1.29, 1.82) is 0 Å². The van der Waals surface area contributed by atoms with E-state index in [-0.39, 0.29) is 23.3 Å². The molecule has 4 nitrogen and oxygen atoms in total. The standard InChI is InChI=1S/C20H28ClNO3S/c21-18-8-6-17(7-9-18)19(16-3-1-2-4-16)13-22-20(23)10-5-15-11-12-26(24,25)14-15/h6-9,15-16,19H,1-5,10-14H2,(H,22,23). The summed E-state index contributed by atoms with van der Waals surface area (Å²) in [4.78, 5) is 12.3. The maximum absolute atomic E-state index is 12.3. The first-order chi connectivity index (χ1) is 12.4. The third-order valence-corrected chi connectivity index (χ3v) is 7.98. The first kappa shape index (κ1) is 19.7. The van der Waals surface area contributed by atoms with Crippen molar-refractivity contribution in [1.82, 2.24) is 5.32 Å². The highest BCUT2D eigenvalue weighted by Crippen LogP contribution is 2.37.